The highest BCUT2D eigenvalue weighted by molar-refractivity contribution is 5.86. The summed E-state index contributed by atoms with van der Waals surface area (Å²) in [6.45, 7) is 4.49. The number of hydrogen-bond donors (Lipinski definition) is 3. The zero-order valence-corrected chi connectivity index (χ0v) is 14.0. The van der Waals surface area contributed by atoms with E-state index in [9.17, 15) is 4.79 Å². The standard InChI is InChI=1S/C16H26N4O3/c1-4-23-10-9-18-16(17-2)20-12-15(21)19-11-13-5-7-14(22-3)8-6-13/h5-8H,4,9-12H2,1-3H3,(H,19,21)(H2,17,18,20). The second-order valence-electron chi connectivity index (χ2n) is 4.67. The number of rotatable bonds is 9. The quantitative estimate of drug-likeness (QED) is 0.350. The predicted molar refractivity (Wildman–Crippen MR) is 90.7 cm³/mol. The second-order valence-corrected chi connectivity index (χ2v) is 4.67. The van der Waals surface area contributed by atoms with Crippen molar-refractivity contribution in [1.82, 2.24) is 16.0 Å². The van der Waals surface area contributed by atoms with Crippen molar-refractivity contribution < 1.29 is 14.3 Å². The molecule has 0 radical (unpaired) electrons. The summed E-state index contributed by atoms with van der Waals surface area (Å²) in [5.41, 5.74) is 1.01. The maximum atomic E-state index is 11.8. The van der Waals surface area contributed by atoms with E-state index >= 15 is 0 Å². The van der Waals surface area contributed by atoms with Crippen molar-refractivity contribution in [2.24, 2.45) is 4.99 Å². The molecule has 3 N–H and O–H groups in total. The van der Waals surface area contributed by atoms with E-state index < -0.39 is 0 Å². The Labute approximate surface area is 137 Å². The summed E-state index contributed by atoms with van der Waals surface area (Å²) in [7, 11) is 3.28. The number of benzene rings is 1. The zero-order chi connectivity index (χ0) is 16.9. The van der Waals surface area contributed by atoms with Gasteiger partial charge in [0.1, 0.15) is 5.75 Å². The molecule has 0 bridgehead atoms. The Balaban J connectivity index is 2.24. The first kappa shape index (κ1) is 18.8. The summed E-state index contributed by atoms with van der Waals surface area (Å²) in [5.74, 6) is 1.27. The van der Waals surface area contributed by atoms with Crippen LogP contribution in [0.15, 0.2) is 29.3 Å². The van der Waals surface area contributed by atoms with Crippen molar-refractivity contribution >= 4 is 11.9 Å². The normalized spacial score (nSPS) is 11.0. The fourth-order valence-corrected chi connectivity index (χ4v) is 1.78. The van der Waals surface area contributed by atoms with E-state index in [4.69, 9.17) is 9.47 Å². The molecular formula is C16H26N4O3. The molecular weight excluding hydrogens is 296 g/mol. The van der Waals surface area contributed by atoms with Crippen molar-refractivity contribution in [2.45, 2.75) is 13.5 Å². The van der Waals surface area contributed by atoms with Crippen LogP contribution in [0, 0.1) is 0 Å². The van der Waals surface area contributed by atoms with Gasteiger partial charge in [-0.2, -0.15) is 0 Å². The first-order chi connectivity index (χ1) is 11.2. The van der Waals surface area contributed by atoms with Gasteiger partial charge in [0, 0.05) is 26.7 Å². The molecule has 0 fully saturated rings. The third kappa shape index (κ3) is 8.06. The fraction of sp³-hybridized carbons (Fsp3) is 0.500. The number of methoxy groups -OCH3 is 1. The summed E-state index contributed by atoms with van der Waals surface area (Å²) in [4.78, 5) is 15.9. The van der Waals surface area contributed by atoms with E-state index in [-0.39, 0.29) is 12.5 Å². The van der Waals surface area contributed by atoms with Gasteiger partial charge in [0.2, 0.25) is 5.91 Å². The first-order valence-electron chi connectivity index (χ1n) is 7.61. The van der Waals surface area contributed by atoms with Gasteiger partial charge in [-0.25, -0.2) is 0 Å². The van der Waals surface area contributed by atoms with Crippen LogP contribution in [0.5, 0.6) is 5.75 Å². The molecule has 7 heteroatoms. The highest BCUT2D eigenvalue weighted by Crippen LogP contribution is 2.10. The maximum Gasteiger partial charge on any atom is 0.239 e. The number of aliphatic imine (C=N–C) groups is 1. The van der Waals surface area contributed by atoms with Gasteiger partial charge in [0.15, 0.2) is 5.96 Å². The molecule has 1 aromatic rings. The predicted octanol–water partition coefficient (Wildman–Crippen LogP) is 0.513. The van der Waals surface area contributed by atoms with E-state index in [2.05, 4.69) is 20.9 Å². The van der Waals surface area contributed by atoms with Gasteiger partial charge >= 0.3 is 0 Å². The summed E-state index contributed by atoms with van der Waals surface area (Å²) in [5, 5.41) is 8.86. The zero-order valence-electron chi connectivity index (χ0n) is 14.0. The monoisotopic (exact) mass is 322 g/mol. The van der Waals surface area contributed by atoms with Crippen LogP contribution in [-0.2, 0) is 16.1 Å². The lowest BCUT2D eigenvalue weighted by molar-refractivity contribution is -0.120. The molecule has 1 amide bonds. The van der Waals surface area contributed by atoms with Crippen LogP contribution in [0.1, 0.15) is 12.5 Å². The van der Waals surface area contributed by atoms with Gasteiger partial charge in [-0.15, -0.1) is 0 Å². The topological polar surface area (TPSA) is 84.0 Å². The van der Waals surface area contributed by atoms with Crippen LogP contribution in [0.2, 0.25) is 0 Å². The largest absolute Gasteiger partial charge is 0.497 e. The molecule has 1 aromatic carbocycles. The molecule has 0 aliphatic carbocycles. The van der Waals surface area contributed by atoms with Crippen LogP contribution >= 0.6 is 0 Å². The van der Waals surface area contributed by atoms with Gasteiger partial charge in [-0.3, -0.25) is 9.79 Å². The van der Waals surface area contributed by atoms with Crippen LogP contribution in [-0.4, -0.2) is 52.3 Å². The first-order valence-corrected chi connectivity index (χ1v) is 7.61. The molecule has 0 atom stereocenters. The van der Waals surface area contributed by atoms with Crippen molar-refractivity contribution in [2.75, 3.05) is 40.5 Å². The molecule has 23 heavy (non-hydrogen) atoms. The van der Waals surface area contributed by atoms with E-state index in [1.54, 1.807) is 14.2 Å². The van der Waals surface area contributed by atoms with Gasteiger partial charge in [0.25, 0.3) is 0 Å². The fourth-order valence-electron chi connectivity index (χ4n) is 1.78. The Hall–Kier alpha value is -2.28. The van der Waals surface area contributed by atoms with Crippen LogP contribution in [0.3, 0.4) is 0 Å². The smallest absolute Gasteiger partial charge is 0.239 e. The Morgan fingerprint density at radius 1 is 1.17 bits per heavy atom. The maximum absolute atomic E-state index is 11.8. The minimum Gasteiger partial charge on any atom is -0.497 e. The highest BCUT2D eigenvalue weighted by Gasteiger charge is 2.03. The molecule has 0 aliphatic heterocycles. The van der Waals surface area contributed by atoms with E-state index in [0.717, 1.165) is 11.3 Å². The molecule has 0 heterocycles. The Kier molecular flexibility index (Phi) is 9.23. The van der Waals surface area contributed by atoms with Gasteiger partial charge < -0.3 is 25.4 Å². The number of carbonyl (C=O) groups excluding carboxylic acids is 1. The SMILES string of the molecule is CCOCCNC(=NC)NCC(=O)NCc1ccc(OC)cc1. The number of ether oxygens (including phenoxy) is 2. The lowest BCUT2D eigenvalue weighted by atomic mass is 10.2. The number of carbonyl (C=O) groups is 1. The van der Waals surface area contributed by atoms with E-state index in [0.29, 0.717) is 32.3 Å². The van der Waals surface area contributed by atoms with Crippen LogP contribution in [0.4, 0.5) is 0 Å². The molecule has 128 valence electrons. The summed E-state index contributed by atoms with van der Waals surface area (Å²) < 4.78 is 10.3. The molecule has 0 saturated heterocycles. The van der Waals surface area contributed by atoms with E-state index in [1.165, 1.54) is 0 Å². The van der Waals surface area contributed by atoms with Gasteiger partial charge in [-0.1, -0.05) is 12.1 Å². The van der Waals surface area contributed by atoms with Crippen LogP contribution in [0.25, 0.3) is 0 Å². The third-order valence-electron chi connectivity index (χ3n) is 3.03. The molecule has 0 spiro atoms. The highest BCUT2D eigenvalue weighted by atomic mass is 16.5. The summed E-state index contributed by atoms with van der Waals surface area (Å²) in [6, 6.07) is 7.56. The van der Waals surface area contributed by atoms with Crippen LogP contribution < -0.4 is 20.7 Å². The lowest BCUT2D eigenvalue weighted by Gasteiger charge is -2.12. The van der Waals surface area contributed by atoms with Crippen molar-refractivity contribution in [1.29, 1.82) is 0 Å². The number of nitrogens with zero attached hydrogens (tertiary/aromatic N) is 1. The molecule has 0 unspecified atom stereocenters. The summed E-state index contributed by atoms with van der Waals surface area (Å²) >= 11 is 0. The Morgan fingerprint density at radius 2 is 1.91 bits per heavy atom. The number of guanidine groups is 1. The number of nitrogens with one attached hydrogen (secondary N) is 3. The number of amides is 1. The summed E-state index contributed by atoms with van der Waals surface area (Å²) in [6.07, 6.45) is 0. The van der Waals surface area contributed by atoms with E-state index in [1.807, 2.05) is 31.2 Å². The molecule has 0 aliphatic rings. The molecule has 1 rings (SSSR count). The van der Waals surface area contributed by atoms with Crippen molar-refractivity contribution in [3.63, 3.8) is 0 Å². The third-order valence-corrected chi connectivity index (χ3v) is 3.03. The number of hydrogen-bond acceptors (Lipinski definition) is 4. The van der Waals surface area contributed by atoms with Crippen molar-refractivity contribution in [3.8, 4) is 5.75 Å². The van der Waals surface area contributed by atoms with Crippen molar-refractivity contribution in [3.05, 3.63) is 29.8 Å². The lowest BCUT2D eigenvalue weighted by Crippen LogP contribution is -2.43. The Morgan fingerprint density at radius 3 is 2.52 bits per heavy atom. The molecule has 7 nitrogen and oxygen atoms in total. The average Bonchev–Trinajstić information content (AvgIpc) is 2.59. The molecule has 0 saturated carbocycles. The van der Waals surface area contributed by atoms with Gasteiger partial charge in [-0.05, 0) is 24.6 Å². The molecule has 0 aromatic heterocycles. The minimum absolute atomic E-state index is 0.103. The average molecular weight is 322 g/mol. The second kappa shape index (κ2) is 11.3. The van der Waals surface area contributed by atoms with Gasteiger partial charge in [0.05, 0.1) is 20.3 Å². The minimum atomic E-state index is -0.103. The Bertz CT molecular complexity index is 489.